The highest BCUT2D eigenvalue weighted by atomic mass is 31.2. The molecule has 13 nitrogen and oxygen atoms in total. The van der Waals surface area contributed by atoms with E-state index < -0.39 is 69.0 Å². The van der Waals surface area contributed by atoms with Crippen molar-refractivity contribution >= 4 is 25.7 Å². The molecule has 5 N–H and O–H groups in total. The third kappa shape index (κ3) is 29.7. The SMILES string of the molecule is CCCCCCCCCCCCCCC[C@@H](O)CC(=O)O[C@H]1O[C@H](CO)[C@@H](OP(=O)(O)O)[C@H](OC(=O)CCCCCCCCC)[C@H]1NC(=O)CCCCCCCCCCC. The van der Waals surface area contributed by atoms with E-state index in [0.29, 0.717) is 19.3 Å². The van der Waals surface area contributed by atoms with Crippen LogP contribution in [0.25, 0.3) is 0 Å². The van der Waals surface area contributed by atoms with E-state index in [1.165, 1.54) is 83.5 Å². The highest BCUT2D eigenvalue weighted by molar-refractivity contribution is 7.46. The van der Waals surface area contributed by atoms with Crippen LogP contribution in [0.15, 0.2) is 0 Å². The number of phosphoric ester groups is 1. The molecule has 1 rings (SSSR count). The van der Waals surface area contributed by atoms with Crippen LogP contribution in [-0.2, 0) is 37.7 Å². The molecule has 1 fully saturated rings. The maximum absolute atomic E-state index is 13.4. The second-order valence-electron chi connectivity index (χ2n) is 17.2. The molecule has 1 amide bonds. The van der Waals surface area contributed by atoms with Crippen molar-refractivity contribution in [3.8, 4) is 0 Å². The Kier molecular flexibility index (Phi) is 34.6. The number of unbranched alkanes of at least 4 members (excludes halogenated alkanes) is 26. The monoisotopic (exact) mass is 878 g/mol. The van der Waals surface area contributed by atoms with E-state index in [9.17, 15) is 38.9 Å². The van der Waals surface area contributed by atoms with Gasteiger partial charge in [0.1, 0.15) is 18.2 Å². The van der Waals surface area contributed by atoms with Gasteiger partial charge >= 0.3 is 19.8 Å². The Balaban J connectivity index is 2.91. The lowest BCUT2D eigenvalue weighted by atomic mass is 9.96. The van der Waals surface area contributed by atoms with Crippen molar-refractivity contribution in [1.82, 2.24) is 5.32 Å². The van der Waals surface area contributed by atoms with Gasteiger partial charge in [0.2, 0.25) is 12.2 Å². The van der Waals surface area contributed by atoms with Crippen LogP contribution in [-0.4, -0.2) is 81.2 Å². The molecule has 0 spiro atoms. The van der Waals surface area contributed by atoms with Crippen LogP contribution in [0.3, 0.4) is 0 Å². The highest BCUT2D eigenvalue weighted by Gasteiger charge is 2.53. The number of ether oxygens (including phenoxy) is 3. The van der Waals surface area contributed by atoms with E-state index in [0.717, 1.165) is 89.9 Å². The summed E-state index contributed by atoms with van der Waals surface area (Å²) in [6.07, 6.45) is 24.4. The van der Waals surface area contributed by atoms with Crippen molar-refractivity contribution in [2.24, 2.45) is 0 Å². The predicted octanol–water partition coefficient (Wildman–Crippen LogP) is 10.4. The van der Waals surface area contributed by atoms with Crippen LogP contribution < -0.4 is 5.32 Å². The molecule has 354 valence electrons. The molecule has 1 saturated heterocycles. The second kappa shape index (κ2) is 36.8. The molecular formula is C46H88NO12P. The van der Waals surface area contributed by atoms with E-state index in [1.54, 1.807) is 0 Å². The number of hydrogen-bond acceptors (Lipinski definition) is 10. The first-order valence-corrected chi connectivity index (χ1v) is 25.8. The molecule has 1 aliphatic rings. The molecule has 0 bridgehead atoms. The first kappa shape index (κ1) is 56.4. The van der Waals surface area contributed by atoms with Gasteiger partial charge < -0.3 is 39.5 Å². The molecule has 0 aromatic rings. The Morgan fingerprint density at radius 3 is 1.43 bits per heavy atom. The number of rotatable bonds is 40. The minimum absolute atomic E-state index is 0.00646. The Labute approximate surface area is 363 Å². The lowest BCUT2D eigenvalue weighted by Gasteiger charge is -2.44. The van der Waals surface area contributed by atoms with Crippen molar-refractivity contribution < 1.29 is 57.7 Å². The highest BCUT2D eigenvalue weighted by Crippen LogP contribution is 2.42. The van der Waals surface area contributed by atoms with E-state index in [-0.39, 0.29) is 19.3 Å². The van der Waals surface area contributed by atoms with Gasteiger partial charge in [-0.05, 0) is 19.3 Å². The fraction of sp³-hybridized carbons (Fsp3) is 0.935. The first-order chi connectivity index (χ1) is 28.9. The third-order valence-corrected chi connectivity index (χ3v) is 12.0. The molecule has 6 atom stereocenters. The number of aliphatic hydroxyl groups excluding tert-OH is 2. The molecule has 0 radical (unpaired) electrons. The average Bonchev–Trinajstić information content (AvgIpc) is 3.20. The van der Waals surface area contributed by atoms with Crippen molar-refractivity contribution in [1.29, 1.82) is 0 Å². The van der Waals surface area contributed by atoms with Gasteiger partial charge in [0.25, 0.3) is 0 Å². The molecule has 0 unspecified atom stereocenters. The molecule has 1 heterocycles. The van der Waals surface area contributed by atoms with E-state index >= 15 is 0 Å². The van der Waals surface area contributed by atoms with E-state index in [4.69, 9.17) is 18.7 Å². The summed E-state index contributed by atoms with van der Waals surface area (Å²) >= 11 is 0. The van der Waals surface area contributed by atoms with Crippen LogP contribution in [0.2, 0.25) is 0 Å². The van der Waals surface area contributed by atoms with Crippen LogP contribution in [0, 0.1) is 0 Å². The number of phosphoric acid groups is 1. The van der Waals surface area contributed by atoms with Crippen molar-refractivity contribution in [3.63, 3.8) is 0 Å². The fourth-order valence-electron chi connectivity index (χ4n) is 7.89. The first-order valence-electron chi connectivity index (χ1n) is 24.3. The number of nitrogens with one attached hydrogen (secondary N) is 1. The molecular weight excluding hydrogens is 789 g/mol. The Bertz CT molecular complexity index is 1120. The summed E-state index contributed by atoms with van der Waals surface area (Å²) < 4.78 is 34.5. The average molecular weight is 878 g/mol. The van der Waals surface area contributed by atoms with Crippen molar-refractivity contribution in [2.75, 3.05) is 6.61 Å². The Morgan fingerprint density at radius 1 is 0.583 bits per heavy atom. The number of carbonyl (C=O) groups excluding carboxylic acids is 3. The summed E-state index contributed by atoms with van der Waals surface area (Å²) in [6, 6.07) is -1.42. The molecule has 0 aromatic carbocycles. The fourth-order valence-corrected chi connectivity index (χ4v) is 8.46. The summed E-state index contributed by atoms with van der Waals surface area (Å²) in [5, 5.41) is 23.7. The minimum atomic E-state index is -5.24. The van der Waals surface area contributed by atoms with Crippen molar-refractivity contribution in [3.05, 3.63) is 0 Å². The van der Waals surface area contributed by atoms with E-state index in [1.807, 2.05) is 0 Å². The van der Waals surface area contributed by atoms with Gasteiger partial charge in [0.05, 0.1) is 19.1 Å². The zero-order chi connectivity index (χ0) is 44.3. The second-order valence-corrected chi connectivity index (χ2v) is 18.4. The van der Waals surface area contributed by atoms with Crippen LogP contribution in [0.5, 0.6) is 0 Å². The number of aliphatic hydroxyl groups is 2. The summed E-state index contributed by atoms with van der Waals surface area (Å²) in [5.41, 5.74) is 0. The normalized spacial score (nSPS) is 19.9. The van der Waals surface area contributed by atoms with Crippen LogP contribution >= 0.6 is 7.82 Å². The third-order valence-electron chi connectivity index (χ3n) is 11.5. The Morgan fingerprint density at radius 2 is 1.00 bits per heavy atom. The smallest absolute Gasteiger partial charge is 0.457 e. The maximum Gasteiger partial charge on any atom is 0.470 e. The minimum Gasteiger partial charge on any atom is -0.457 e. The molecule has 0 aromatic heterocycles. The lowest BCUT2D eigenvalue weighted by Crippen LogP contribution is -2.66. The molecule has 14 heteroatoms. The molecule has 60 heavy (non-hydrogen) atoms. The van der Waals surface area contributed by atoms with Gasteiger partial charge in [-0.2, -0.15) is 0 Å². The summed E-state index contributed by atoms with van der Waals surface area (Å²) in [4.78, 5) is 59.5. The van der Waals surface area contributed by atoms with Gasteiger partial charge in [0.15, 0.2) is 6.10 Å². The molecule has 0 aliphatic carbocycles. The number of amides is 1. The zero-order valence-corrected chi connectivity index (χ0v) is 38.9. The number of hydrogen-bond donors (Lipinski definition) is 5. The summed E-state index contributed by atoms with van der Waals surface area (Å²) in [7, 11) is -5.24. The standard InChI is InChI=1S/C46H88NO12P/c1-4-7-10-13-16-18-19-20-21-23-25-27-30-33-38(49)36-42(52)58-46-43(47-40(50)34-31-28-26-22-17-14-11-8-5-2)45(44(39(37-48)56-46)59-60(53,54)55)57-41(51)35-32-29-24-15-12-9-6-3/h38-39,43-46,48-49H,4-37H2,1-3H3,(H,47,50)(H2,53,54,55)/t38-,39-,43-,44-,45-,46-/m1/s1. The quantitative estimate of drug-likeness (QED) is 0.0222. The topological polar surface area (TPSA) is 198 Å². The van der Waals surface area contributed by atoms with Crippen molar-refractivity contribution in [2.45, 2.75) is 269 Å². The number of carbonyl (C=O) groups is 3. The van der Waals surface area contributed by atoms with E-state index in [2.05, 4.69) is 26.1 Å². The van der Waals surface area contributed by atoms with Gasteiger partial charge in [0, 0.05) is 12.8 Å². The van der Waals surface area contributed by atoms with Gasteiger partial charge in [-0.25, -0.2) is 4.57 Å². The summed E-state index contributed by atoms with van der Waals surface area (Å²) in [6.45, 7) is 5.73. The van der Waals surface area contributed by atoms with Gasteiger partial charge in [-0.15, -0.1) is 0 Å². The largest absolute Gasteiger partial charge is 0.470 e. The Hall–Kier alpha value is -1.60. The van der Waals surface area contributed by atoms with Crippen LogP contribution in [0.4, 0.5) is 0 Å². The van der Waals surface area contributed by atoms with Crippen LogP contribution in [0.1, 0.15) is 233 Å². The maximum atomic E-state index is 13.4. The molecule has 1 aliphatic heterocycles. The van der Waals surface area contributed by atoms with Gasteiger partial charge in [-0.3, -0.25) is 18.9 Å². The predicted molar refractivity (Wildman–Crippen MR) is 236 cm³/mol. The molecule has 0 saturated carbocycles. The van der Waals surface area contributed by atoms with Gasteiger partial charge in [-0.1, -0.05) is 194 Å². The zero-order valence-electron chi connectivity index (χ0n) is 38.0. The lowest BCUT2D eigenvalue weighted by molar-refractivity contribution is -0.265. The summed E-state index contributed by atoms with van der Waals surface area (Å²) in [5.74, 6) is -1.98. The number of esters is 2.